The van der Waals surface area contributed by atoms with Gasteiger partial charge in [-0.25, -0.2) is 4.79 Å². The van der Waals surface area contributed by atoms with Gasteiger partial charge in [0.1, 0.15) is 0 Å². The fourth-order valence-corrected chi connectivity index (χ4v) is 2.44. The lowest BCUT2D eigenvalue weighted by Crippen LogP contribution is -2.01. The number of hydrogen-bond acceptors (Lipinski definition) is 4. The Morgan fingerprint density at radius 2 is 2.22 bits per heavy atom. The monoisotopic (exact) mass is 262 g/mol. The van der Waals surface area contributed by atoms with E-state index in [9.17, 15) is 4.79 Å². The fraction of sp³-hybridized carbons (Fsp3) is 0.231. The van der Waals surface area contributed by atoms with Gasteiger partial charge in [0, 0.05) is 22.5 Å². The van der Waals surface area contributed by atoms with Crippen LogP contribution in [0.15, 0.2) is 23.6 Å². The van der Waals surface area contributed by atoms with Crippen molar-refractivity contribution in [2.75, 3.05) is 5.32 Å². The first-order chi connectivity index (χ1) is 8.56. The van der Waals surface area contributed by atoms with Crippen molar-refractivity contribution in [2.45, 2.75) is 20.4 Å². The zero-order valence-electron chi connectivity index (χ0n) is 10.2. The Balaban J connectivity index is 2.04. The van der Waals surface area contributed by atoms with E-state index in [4.69, 9.17) is 5.11 Å². The second-order valence-corrected chi connectivity index (χ2v) is 5.04. The van der Waals surface area contributed by atoms with E-state index in [1.807, 2.05) is 26.0 Å². The molecule has 0 atom stereocenters. The Hall–Kier alpha value is -1.88. The second kappa shape index (κ2) is 5.18. The summed E-state index contributed by atoms with van der Waals surface area (Å²) in [5, 5.41) is 13.8. The molecule has 0 amide bonds. The number of hydrogen-bond donors (Lipinski definition) is 2. The molecule has 4 nitrogen and oxygen atoms in total. The van der Waals surface area contributed by atoms with Crippen molar-refractivity contribution in [1.82, 2.24) is 4.98 Å². The first-order valence-electron chi connectivity index (χ1n) is 5.55. The van der Waals surface area contributed by atoms with Crippen LogP contribution in [0.4, 0.5) is 5.69 Å². The minimum absolute atomic E-state index is 0.343. The van der Waals surface area contributed by atoms with Crippen molar-refractivity contribution >= 4 is 23.0 Å². The average Bonchev–Trinajstić information content (AvgIpc) is 2.76. The van der Waals surface area contributed by atoms with Crippen LogP contribution in [-0.4, -0.2) is 16.1 Å². The number of aryl methyl sites for hydroxylation is 2. The molecule has 94 valence electrons. The van der Waals surface area contributed by atoms with Gasteiger partial charge in [-0.15, -0.1) is 11.3 Å². The van der Waals surface area contributed by atoms with Crippen LogP contribution in [0, 0.1) is 13.8 Å². The predicted molar refractivity (Wildman–Crippen MR) is 72.3 cm³/mol. The van der Waals surface area contributed by atoms with Crippen molar-refractivity contribution in [1.29, 1.82) is 0 Å². The number of aromatic nitrogens is 1. The van der Waals surface area contributed by atoms with Gasteiger partial charge in [-0.2, -0.15) is 0 Å². The highest BCUT2D eigenvalue weighted by atomic mass is 32.1. The standard InChI is InChI=1S/C13H14N2O2S/c1-8-3-4-12(9(2)15-8)14-6-11-5-10(7-18-11)13(16)17/h3-5,7,14H,6H2,1-2H3,(H,16,17). The number of carbonyl (C=O) groups is 1. The minimum Gasteiger partial charge on any atom is -0.478 e. The molecule has 18 heavy (non-hydrogen) atoms. The molecule has 2 heterocycles. The Bertz CT molecular complexity index is 578. The van der Waals surface area contributed by atoms with Crippen LogP contribution >= 0.6 is 11.3 Å². The molecule has 0 spiro atoms. The summed E-state index contributed by atoms with van der Waals surface area (Å²) in [7, 11) is 0. The van der Waals surface area contributed by atoms with Crippen LogP contribution in [0.2, 0.25) is 0 Å². The number of nitrogens with zero attached hydrogens (tertiary/aromatic N) is 1. The second-order valence-electron chi connectivity index (χ2n) is 4.05. The number of pyridine rings is 1. The molecule has 0 bridgehead atoms. The van der Waals surface area contributed by atoms with E-state index in [1.54, 1.807) is 11.4 Å². The Morgan fingerprint density at radius 1 is 1.44 bits per heavy atom. The van der Waals surface area contributed by atoms with Gasteiger partial charge >= 0.3 is 5.97 Å². The number of carboxylic acid groups (broad SMARTS) is 1. The van der Waals surface area contributed by atoms with E-state index in [-0.39, 0.29) is 0 Å². The van der Waals surface area contributed by atoms with E-state index >= 15 is 0 Å². The van der Waals surface area contributed by atoms with Crippen LogP contribution in [0.3, 0.4) is 0 Å². The van der Waals surface area contributed by atoms with Gasteiger partial charge in [-0.3, -0.25) is 4.98 Å². The third kappa shape index (κ3) is 2.87. The third-order valence-corrected chi connectivity index (χ3v) is 3.52. The first-order valence-corrected chi connectivity index (χ1v) is 6.43. The molecular weight excluding hydrogens is 248 g/mol. The first kappa shape index (κ1) is 12.6. The molecular formula is C13H14N2O2S. The van der Waals surface area contributed by atoms with Crippen molar-refractivity contribution in [3.8, 4) is 0 Å². The van der Waals surface area contributed by atoms with Gasteiger partial charge < -0.3 is 10.4 Å². The summed E-state index contributed by atoms with van der Waals surface area (Å²) < 4.78 is 0. The van der Waals surface area contributed by atoms with Crippen LogP contribution in [0.25, 0.3) is 0 Å². The number of carboxylic acids is 1. The van der Waals surface area contributed by atoms with Crippen LogP contribution in [-0.2, 0) is 6.54 Å². The Morgan fingerprint density at radius 3 is 2.83 bits per heavy atom. The maximum absolute atomic E-state index is 10.8. The van der Waals surface area contributed by atoms with Crippen LogP contribution < -0.4 is 5.32 Å². The Labute approximate surface area is 109 Å². The summed E-state index contributed by atoms with van der Waals surface area (Å²) in [4.78, 5) is 16.1. The lowest BCUT2D eigenvalue weighted by molar-refractivity contribution is 0.0697. The molecule has 0 aliphatic rings. The van der Waals surface area contributed by atoms with E-state index in [0.717, 1.165) is 22.0 Å². The zero-order valence-corrected chi connectivity index (χ0v) is 11.0. The predicted octanol–water partition coefficient (Wildman–Crippen LogP) is 3.07. The van der Waals surface area contributed by atoms with Crippen LogP contribution in [0.5, 0.6) is 0 Å². The smallest absolute Gasteiger partial charge is 0.336 e. The molecule has 2 aromatic rings. The van der Waals surface area contributed by atoms with E-state index < -0.39 is 5.97 Å². The van der Waals surface area contributed by atoms with E-state index in [2.05, 4.69) is 10.3 Å². The summed E-state index contributed by atoms with van der Waals surface area (Å²) in [5.74, 6) is -0.884. The fourth-order valence-electron chi connectivity index (χ4n) is 1.64. The maximum Gasteiger partial charge on any atom is 0.336 e. The summed E-state index contributed by atoms with van der Waals surface area (Å²) >= 11 is 1.44. The largest absolute Gasteiger partial charge is 0.478 e. The molecule has 2 aromatic heterocycles. The van der Waals surface area contributed by atoms with Gasteiger partial charge in [0.15, 0.2) is 0 Å². The van der Waals surface area contributed by atoms with Gasteiger partial charge in [0.2, 0.25) is 0 Å². The highest BCUT2D eigenvalue weighted by Crippen LogP contribution is 2.18. The highest BCUT2D eigenvalue weighted by molar-refractivity contribution is 7.10. The molecule has 0 saturated carbocycles. The topological polar surface area (TPSA) is 62.2 Å². The quantitative estimate of drug-likeness (QED) is 0.889. The SMILES string of the molecule is Cc1ccc(NCc2cc(C(=O)O)cs2)c(C)n1. The number of thiophene rings is 1. The van der Waals surface area contributed by atoms with Crippen molar-refractivity contribution in [3.63, 3.8) is 0 Å². The molecule has 0 saturated heterocycles. The molecule has 2 rings (SSSR count). The number of aromatic carboxylic acids is 1. The molecule has 5 heteroatoms. The molecule has 0 unspecified atom stereocenters. The molecule has 0 radical (unpaired) electrons. The van der Waals surface area contributed by atoms with Crippen molar-refractivity contribution in [3.05, 3.63) is 45.4 Å². The zero-order chi connectivity index (χ0) is 13.1. The van der Waals surface area contributed by atoms with Gasteiger partial charge in [-0.1, -0.05) is 0 Å². The minimum atomic E-state index is -0.884. The highest BCUT2D eigenvalue weighted by Gasteiger charge is 2.06. The van der Waals surface area contributed by atoms with Gasteiger partial charge in [0.25, 0.3) is 0 Å². The molecule has 2 N–H and O–H groups in total. The summed E-state index contributed by atoms with van der Waals surface area (Å²) in [5.41, 5.74) is 3.26. The number of rotatable bonds is 4. The molecule has 0 aromatic carbocycles. The lowest BCUT2D eigenvalue weighted by atomic mass is 10.2. The van der Waals surface area contributed by atoms with Gasteiger partial charge in [0.05, 0.1) is 16.9 Å². The summed E-state index contributed by atoms with van der Waals surface area (Å²) in [6.45, 7) is 4.52. The van der Waals surface area contributed by atoms with Crippen molar-refractivity contribution in [2.24, 2.45) is 0 Å². The third-order valence-electron chi connectivity index (χ3n) is 2.58. The maximum atomic E-state index is 10.8. The van der Waals surface area contributed by atoms with E-state index in [1.165, 1.54) is 11.3 Å². The molecule has 0 aliphatic carbocycles. The van der Waals surface area contributed by atoms with E-state index in [0.29, 0.717) is 12.1 Å². The normalized spacial score (nSPS) is 10.3. The summed E-state index contributed by atoms with van der Waals surface area (Å²) in [6, 6.07) is 5.63. The molecule has 0 fully saturated rings. The lowest BCUT2D eigenvalue weighted by Gasteiger charge is -2.08. The summed E-state index contributed by atoms with van der Waals surface area (Å²) in [6.07, 6.45) is 0. The number of anilines is 1. The molecule has 0 aliphatic heterocycles. The van der Waals surface area contributed by atoms with Crippen molar-refractivity contribution < 1.29 is 9.90 Å². The van der Waals surface area contributed by atoms with Crippen LogP contribution in [0.1, 0.15) is 26.6 Å². The Kier molecular flexibility index (Phi) is 3.62. The number of nitrogens with one attached hydrogen (secondary N) is 1. The van der Waals surface area contributed by atoms with Gasteiger partial charge in [-0.05, 0) is 32.0 Å². The average molecular weight is 262 g/mol.